The minimum absolute atomic E-state index is 0.349. The number of unbranched alkanes of at least 4 members (excludes halogenated alkanes) is 3. The lowest BCUT2D eigenvalue weighted by Crippen LogP contribution is -2.18. The number of hydrogen-bond acceptors (Lipinski definition) is 20. The molecule has 10 rings (SSSR count). The molecule has 0 aliphatic heterocycles. The Bertz CT molecular complexity index is 5870. The topological polar surface area (TPSA) is 263 Å². The summed E-state index contributed by atoms with van der Waals surface area (Å²) in [5, 5.41) is 0. The van der Waals surface area contributed by atoms with E-state index >= 15 is 0 Å². The van der Waals surface area contributed by atoms with Gasteiger partial charge in [-0.15, -0.1) is 0 Å². The van der Waals surface area contributed by atoms with Crippen molar-refractivity contribution in [2.45, 2.75) is 164 Å². The smallest absolute Gasteiger partial charge is 0.384 e. The molecule has 0 N–H and O–H groups in total. The average Bonchev–Trinajstić information content (AvgIpc) is 0.854. The van der Waals surface area contributed by atoms with Crippen molar-refractivity contribution in [2.75, 3.05) is 35.0 Å². The molecule has 20 heteroatoms. The highest BCUT2D eigenvalue weighted by Crippen LogP contribution is 2.30. The van der Waals surface area contributed by atoms with E-state index in [1.807, 2.05) is 194 Å². The van der Waals surface area contributed by atoms with Crippen molar-refractivity contribution in [1.82, 2.24) is 0 Å². The maximum atomic E-state index is 12.0. The molecule has 5 atom stereocenters. The monoisotopic (exact) mass is 1890 g/mol. The van der Waals surface area contributed by atoms with Crippen molar-refractivity contribution in [1.29, 1.82) is 0 Å². The third-order valence-electron chi connectivity index (χ3n) is 22.2. The van der Waals surface area contributed by atoms with Crippen LogP contribution in [0.1, 0.15) is 219 Å². The molecule has 20 nitrogen and oxygen atoms in total. The predicted octanol–water partition coefficient (Wildman–Crippen LogP) is 26.7. The zero-order valence-electron chi connectivity index (χ0n) is 82.8. The second-order valence-corrected chi connectivity index (χ2v) is 32.3. The van der Waals surface area contributed by atoms with Gasteiger partial charge in [0, 0.05) is 11.6 Å². The van der Waals surface area contributed by atoms with Crippen LogP contribution in [0.3, 0.4) is 0 Å². The summed E-state index contributed by atoms with van der Waals surface area (Å²) in [6, 6.07) is 74.0. The van der Waals surface area contributed by atoms with Gasteiger partial charge in [-0.25, -0.2) is 24.0 Å². The van der Waals surface area contributed by atoms with Gasteiger partial charge in [0.05, 0.1) is 35.0 Å². The van der Waals surface area contributed by atoms with E-state index in [-0.39, 0.29) is 0 Å². The van der Waals surface area contributed by atoms with Crippen molar-refractivity contribution < 1.29 is 95.3 Å². The van der Waals surface area contributed by atoms with Crippen molar-refractivity contribution in [3.63, 3.8) is 0 Å². The number of carbonyl (C=O) groups is 10. The molecule has 140 heavy (non-hydrogen) atoms. The molecule has 0 radical (unpaired) electrons. The van der Waals surface area contributed by atoms with Gasteiger partial charge in [-0.3, -0.25) is 24.0 Å². The number of ketones is 5. The molecule has 0 saturated heterocycles. The molecule has 10 aromatic rings. The van der Waals surface area contributed by atoms with Crippen LogP contribution in [0.5, 0.6) is 57.5 Å². The number of ether oxygens (including phenoxy) is 10. The Labute approximate surface area is 825 Å². The molecule has 730 valence electrons. The first-order valence-electron chi connectivity index (χ1n) is 47.0. The molecular weight excluding hydrogens is 1760 g/mol. The average molecular weight is 1890 g/mol. The first-order valence-corrected chi connectivity index (χ1v) is 47.0. The van der Waals surface area contributed by atoms with E-state index < -0.39 is 58.8 Å². The van der Waals surface area contributed by atoms with Crippen LogP contribution in [0.15, 0.2) is 334 Å². The molecule has 0 heterocycles. The van der Waals surface area contributed by atoms with Crippen molar-refractivity contribution >= 4 is 89.1 Å². The fourth-order valence-corrected chi connectivity index (χ4v) is 12.5. The molecule has 0 spiro atoms. The molecule has 0 bridgehead atoms. The van der Waals surface area contributed by atoms with Crippen molar-refractivity contribution in [3.05, 3.63) is 389 Å². The minimum Gasteiger partial charge on any atom is -0.497 e. The quantitative estimate of drug-likeness (QED) is 0.00857. The second-order valence-electron chi connectivity index (χ2n) is 32.3. The zero-order chi connectivity index (χ0) is 102. The molecule has 10 aromatic carbocycles. The van der Waals surface area contributed by atoms with Gasteiger partial charge >= 0.3 is 29.8 Å². The van der Waals surface area contributed by atoms with Gasteiger partial charge in [0.25, 0.3) is 28.9 Å². The van der Waals surface area contributed by atoms with Crippen LogP contribution in [0, 0.1) is 0 Å². The molecule has 0 aliphatic carbocycles. The summed E-state index contributed by atoms with van der Waals surface area (Å²) in [6.45, 7) is 24.2. The Morgan fingerprint density at radius 2 is 0.514 bits per heavy atom. The third-order valence-corrected chi connectivity index (χ3v) is 22.2. The Morgan fingerprint density at radius 3 is 0.814 bits per heavy atom. The van der Waals surface area contributed by atoms with Crippen LogP contribution in [-0.4, -0.2) is 93.8 Å². The molecule has 0 saturated carbocycles. The summed E-state index contributed by atoms with van der Waals surface area (Å²) in [5.74, 6) is -0.342. The summed E-state index contributed by atoms with van der Waals surface area (Å²) in [4.78, 5) is 119. The SMILES string of the molecule is CCC(C)c1ccc(OC(=O)C(=O)/C=C/C=C/c2ccc(OC)cc2)cc1.CCC(C)c1ccc(OC(=O)C(=O)/C=C/C=C/c2ccc(OC)cc2OC)cc1.CCC(C)c1ccc(OC(=O)C(=O)/C=C/C=C/c2cccc(OC)c2)cc1.CCC(C)c1ccc(OC(=O)C(=O)/C=C/C=C/c2ccccc2)cc1.CCCCCCOc1ccc(/C=C/C=C/C(=O)C(=O)Oc2ccc(C(C)CC)cc2)cc1. The molecule has 0 amide bonds. The van der Waals surface area contributed by atoms with E-state index in [0.29, 0.717) is 69.8 Å². The lowest BCUT2D eigenvalue weighted by Gasteiger charge is -2.09. The lowest BCUT2D eigenvalue weighted by molar-refractivity contribution is -0.144. The van der Waals surface area contributed by atoms with Gasteiger partial charge in [-0.2, -0.15) is 0 Å². The first kappa shape index (κ1) is 113. The molecule has 5 unspecified atom stereocenters. The zero-order valence-corrected chi connectivity index (χ0v) is 82.8. The summed E-state index contributed by atoms with van der Waals surface area (Å²) >= 11 is 0. The summed E-state index contributed by atoms with van der Waals surface area (Å²) < 4.78 is 52.0. The van der Waals surface area contributed by atoms with Crippen LogP contribution in [-0.2, 0) is 47.9 Å². The summed E-state index contributed by atoms with van der Waals surface area (Å²) in [7, 11) is 6.36. The van der Waals surface area contributed by atoms with Gasteiger partial charge in [0.1, 0.15) is 57.5 Å². The fourth-order valence-electron chi connectivity index (χ4n) is 12.5. The largest absolute Gasteiger partial charge is 0.497 e. The van der Waals surface area contributed by atoms with E-state index in [1.54, 1.807) is 138 Å². The maximum Gasteiger partial charge on any atom is 0.384 e. The highest BCUT2D eigenvalue weighted by Gasteiger charge is 2.20. The molecule has 0 aliphatic rings. The molecule has 0 fully saturated rings. The standard InChI is InChI=1S/C28H34O4.C24H26O5.2C23H24O4.C22H22O3/c1-4-6-7-10-21-31-25-17-13-23(14-18-25)11-8-9-12-27(29)28(30)32-26-19-15-24(16-20-26)22(3)5-2;1-5-17(2)18-10-13-20(14-11-18)29-24(26)22(25)9-7-6-8-19-12-15-21(27-3)16-23(19)28-4;1-4-17(2)19-12-14-20(15-13-19)27-23(25)22(24)11-6-5-8-18-9-7-10-21(16-18)26-3;1-4-17(2)19-11-15-21(16-12-19)27-23(25)22(24)8-6-5-7-18-9-13-20(26-3)14-10-18;1-3-17(2)19-13-15-20(16-14-19)25-22(24)21(23)12-8-7-11-18-9-5-4-6-10-18/h8-9,11-20,22H,4-7,10,21H2,1-3H3;6-17H,5H2,1-4H3;2*5-17H,4H2,1-3H3;4-17H,3H2,1-2H3/b11-8+,12-9+;8-6+,9-7+;8-5+,11-6+;7-5+,8-6+;11-7+,12-8+. The predicted molar refractivity (Wildman–Crippen MR) is 558 cm³/mol. The Balaban J connectivity index is 0.000000269. The van der Waals surface area contributed by atoms with Crippen molar-refractivity contribution in [3.8, 4) is 57.5 Å². The van der Waals surface area contributed by atoms with Crippen LogP contribution in [0.25, 0.3) is 30.4 Å². The maximum absolute atomic E-state index is 12.0. The van der Waals surface area contributed by atoms with Crippen molar-refractivity contribution in [2.24, 2.45) is 0 Å². The number of allylic oxidation sites excluding steroid dienone is 10. The van der Waals surface area contributed by atoms with Gasteiger partial charge < -0.3 is 47.4 Å². The van der Waals surface area contributed by atoms with Gasteiger partial charge in [-0.05, 0) is 258 Å². The number of carbonyl (C=O) groups excluding carboxylic acids is 10. The van der Waals surface area contributed by atoms with Gasteiger partial charge in [-0.1, -0.05) is 314 Å². The number of hydrogen-bond donors (Lipinski definition) is 0. The van der Waals surface area contributed by atoms with E-state index in [2.05, 4.69) is 76.2 Å². The summed E-state index contributed by atoms with van der Waals surface area (Å²) in [6.07, 6.45) is 41.0. The highest BCUT2D eigenvalue weighted by atomic mass is 16.6. The van der Waals surface area contributed by atoms with Crippen LogP contribution in [0.4, 0.5) is 0 Å². The molecule has 0 aromatic heterocycles. The number of esters is 5. The second kappa shape index (κ2) is 64.3. The molecular formula is C120H130O20. The lowest BCUT2D eigenvalue weighted by atomic mass is 9.99. The third kappa shape index (κ3) is 42.7. The van der Waals surface area contributed by atoms with E-state index in [0.717, 1.165) is 95.8 Å². The van der Waals surface area contributed by atoms with E-state index in [9.17, 15) is 47.9 Å². The Kier molecular flexibility index (Phi) is 51.9. The van der Waals surface area contributed by atoms with Crippen LogP contribution >= 0.6 is 0 Å². The van der Waals surface area contributed by atoms with Crippen LogP contribution < -0.4 is 47.4 Å². The summed E-state index contributed by atoms with van der Waals surface area (Å²) in [5.41, 5.74) is 10.6. The van der Waals surface area contributed by atoms with E-state index in [1.165, 1.54) is 102 Å². The normalized spacial score (nSPS) is 12.2. The Hall–Kier alpha value is -15.7. The fraction of sp³-hybridized carbons (Fsp3) is 0.250. The Morgan fingerprint density at radius 1 is 0.243 bits per heavy atom. The van der Waals surface area contributed by atoms with Gasteiger partial charge in [0.2, 0.25) is 0 Å². The highest BCUT2D eigenvalue weighted by molar-refractivity contribution is 6.40. The number of benzene rings is 10. The minimum atomic E-state index is -0.923. The van der Waals surface area contributed by atoms with Crippen LogP contribution in [0.2, 0.25) is 0 Å². The van der Waals surface area contributed by atoms with Gasteiger partial charge in [0.15, 0.2) is 0 Å². The number of methoxy groups -OCH3 is 4. The number of rotatable bonds is 45. The first-order chi connectivity index (χ1) is 67.7. The van der Waals surface area contributed by atoms with E-state index in [4.69, 9.17) is 47.4 Å².